The zero-order valence-electron chi connectivity index (χ0n) is 21.1. The van der Waals surface area contributed by atoms with Gasteiger partial charge in [0.15, 0.2) is 5.13 Å². The van der Waals surface area contributed by atoms with Gasteiger partial charge in [0.05, 0.1) is 21.8 Å². The summed E-state index contributed by atoms with van der Waals surface area (Å²) >= 11 is 1.34. The number of hydrogen-bond acceptors (Lipinski definition) is 5. The van der Waals surface area contributed by atoms with E-state index in [1.807, 2.05) is 42.5 Å². The Bertz CT molecular complexity index is 1550. The maximum atomic E-state index is 13.5. The summed E-state index contributed by atoms with van der Waals surface area (Å²) in [5, 5.41) is 11.6. The second-order valence-corrected chi connectivity index (χ2v) is 11.2. The van der Waals surface area contributed by atoms with Crippen molar-refractivity contribution >= 4 is 44.1 Å². The fourth-order valence-electron chi connectivity index (χ4n) is 4.55. The summed E-state index contributed by atoms with van der Waals surface area (Å²) in [6.07, 6.45) is 0.867. The van der Waals surface area contributed by atoms with Gasteiger partial charge in [-0.2, -0.15) is 0 Å². The molecule has 2 heterocycles. The Balaban J connectivity index is 1.70. The van der Waals surface area contributed by atoms with E-state index in [1.165, 1.54) is 40.5 Å². The van der Waals surface area contributed by atoms with Crippen molar-refractivity contribution in [3.63, 3.8) is 0 Å². The number of nitrogens with zero attached hydrogens (tertiary/aromatic N) is 2. The number of aliphatic hydroxyl groups is 1. The van der Waals surface area contributed by atoms with Crippen LogP contribution < -0.4 is 4.90 Å². The highest BCUT2D eigenvalue weighted by Crippen LogP contribution is 2.44. The summed E-state index contributed by atoms with van der Waals surface area (Å²) in [5.74, 6) is -2.38. The molecule has 5 rings (SSSR count). The molecule has 0 aliphatic carbocycles. The van der Waals surface area contributed by atoms with Crippen molar-refractivity contribution in [2.45, 2.75) is 45.6 Å². The van der Waals surface area contributed by atoms with E-state index in [9.17, 15) is 19.1 Å². The Hall–Kier alpha value is -3.84. The zero-order valence-corrected chi connectivity index (χ0v) is 21.9. The Morgan fingerprint density at radius 2 is 1.70 bits per heavy atom. The highest BCUT2D eigenvalue weighted by atomic mass is 32.1. The summed E-state index contributed by atoms with van der Waals surface area (Å²) in [6, 6.07) is 18.0. The van der Waals surface area contributed by atoms with Crippen LogP contribution in [0, 0.1) is 5.82 Å². The third-order valence-electron chi connectivity index (χ3n) is 6.71. The van der Waals surface area contributed by atoms with E-state index >= 15 is 0 Å². The molecule has 0 bridgehead atoms. The molecule has 1 aliphatic rings. The number of halogens is 1. The lowest BCUT2D eigenvalue weighted by atomic mass is 9.85. The van der Waals surface area contributed by atoms with Crippen molar-refractivity contribution in [2.75, 3.05) is 4.90 Å². The predicted molar refractivity (Wildman–Crippen MR) is 145 cm³/mol. The largest absolute Gasteiger partial charge is 0.507 e. The van der Waals surface area contributed by atoms with E-state index in [-0.39, 0.29) is 22.3 Å². The van der Waals surface area contributed by atoms with Crippen LogP contribution >= 0.6 is 11.3 Å². The van der Waals surface area contributed by atoms with Gasteiger partial charge in [0.1, 0.15) is 11.6 Å². The van der Waals surface area contributed by atoms with Crippen LogP contribution in [0.3, 0.4) is 0 Å². The fraction of sp³-hybridized carbons (Fsp3) is 0.233. The van der Waals surface area contributed by atoms with E-state index in [0.29, 0.717) is 10.7 Å². The fourth-order valence-corrected chi connectivity index (χ4v) is 5.61. The molecular weight excluding hydrogens is 487 g/mol. The molecule has 37 heavy (non-hydrogen) atoms. The monoisotopic (exact) mass is 514 g/mol. The molecule has 0 radical (unpaired) electrons. The number of aromatic nitrogens is 1. The summed E-state index contributed by atoms with van der Waals surface area (Å²) < 4.78 is 14.5. The molecule has 5 nitrogen and oxygen atoms in total. The summed E-state index contributed by atoms with van der Waals surface area (Å²) in [5.41, 5.74) is 3.78. The smallest absolute Gasteiger partial charge is 0.301 e. The molecule has 1 aromatic heterocycles. The number of hydrogen-bond donors (Lipinski definition) is 1. The maximum absolute atomic E-state index is 13.5. The number of rotatable bonds is 4. The Morgan fingerprint density at radius 1 is 1.03 bits per heavy atom. The van der Waals surface area contributed by atoms with Gasteiger partial charge in [-0.25, -0.2) is 9.37 Å². The second kappa shape index (κ2) is 9.23. The van der Waals surface area contributed by atoms with Gasteiger partial charge in [-0.3, -0.25) is 14.5 Å². The molecule has 188 valence electrons. The highest BCUT2D eigenvalue weighted by molar-refractivity contribution is 7.22. The predicted octanol–water partition coefficient (Wildman–Crippen LogP) is 6.92. The van der Waals surface area contributed by atoms with Gasteiger partial charge in [0.25, 0.3) is 5.78 Å². The van der Waals surface area contributed by atoms with Crippen LogP contribution in [0.5, 0.6) is 0 Å². The van der Waals surface area contributed by atoms with E-state index in [0.717, 1.165) is 27.8 Å². The van der Waals surface area contributed by atoms with Crippen LogP contribution in [0.1, 0.15) is 56.0 Å². The van der Waals surface area contributed by atoms with Crippen molar-refractivity contribution in [1.82, 2.24) is 4.98 Å². The molecule has 1 aliphatic heterocycles. The van der Waals surface area contributed by atoms with E-state index in [4.69, 9.17) is 0 Å². The SMILES string of the molecule is CCc1ccc2nc(N3C(=O)C(=O)/C(=C(/O)c4ccc(F)cc4)C3c3ccc(C(C)(C)C)cc3)sc2c1. The minimum atomic E-state index is -0.884. The number of thiazole rings is 1. The number of Topliss-reactive ketones (excluding diaryl/α,β-unsaturated/α-hetero) is 1. The molecule has 1 unspecified atom stereocenters. The van der Waals surface area contributed by atoms with Crippen molar-refractivity contribution in [2.24, 2.45) is 0 Å². The van der Waals surface area contributed by atoms with E-state index in [1.54, 1.807) is 0 Å². The molecule has 1 fully saturated rings. The van der Waals surface area contributed by atoms with Crippen molar-refractivity contribution in [3.8, 4) is 0 Å². The van der Waals surface area contributed by atoms with Crippen molar-refractivity contribution < 1.29 is 19.1 Å². The van der Waals surface area contributed by atoms with E-state index in [2.05, 4.69) is 32.7 Å². The lowest BCUT2D eigenvalue weighted by Crippen LogP contribution is -2.29. The average molecular weight is 515 g/mol. The second-order valence-electron chi connectivity index (χ2n) is 10.2. The number of fused-ring (bicyclic) bond motifs is 1. The molecule has 4 aromatic rings. The Kier molecular flexibility index (Phi) is 6.20. The van der Waals surface area contributed by atoms with Gasteiger partial charge in [0.2, 0.25) is 0 Å². The quantitative estimate of drug-likeness (QED) is 0.182. The number of aliphatic hydroxyl groups excluding tert-OH is 1. The molecule has 7 heteroatoms. The molecule has 1 N–H and O–H groups in total. The first-order valence-corrected chi connectivity index (χ1v) is 13.0. The molecule has 0 saturated carbocycles. The molecule has 3 aromatic carbocycles. The van der Waals surface area contributed by atoms with Gasteiger partial charge in [-0.15, -0.1) is 0 Å². The van der Waals surface area contributed by atoms with Gasteiger partial charge in [-0.05, 0) is 64.9 Å². The first-order chi connectivity index (χ1) is 17.6. The first kappa shape index (κ1) is 24.8. The third-order valence-corrected chi connectivity index (χ3v) is 7.73. The van der Waals surface area contributed by atoms with Crippen LogP contribution in [0.2, 0.25) is 0 Å². The van der Waals surface area contributed by atoms with E-state index < -0.39 is 23.5 Å². The topological polar surface area (TPSA) is 70.5 Å². The third kappa shape index (κ3) is 4.44. The standard InChI is InChI=1S/C30H27FN2O3S/c1-5-17-6-15-22-23(16-17)37-29(32-22)33-25(18-7-11-20(12-8-18)30(2,3)4)24(27(35)28(33)36)26(34)19-9-13-21(31)14-10-19/h6-16,25,34H,5H2,1-4H3/b26-24+. The number of amides is 1. The highest BCUT2D eigenvalue weighted by Gasteiger charge is 2.48. The van der Waals surface area contributed by atoms with Crippen LogP contribution in [0.4, 0.5) is 9.52 Å². The number of carbonyl (C=O) groups excluding carboxylic acids is 2. The first-order valence-electron chi connectivity index (χ1n) is 12.2. The van der Waals surface area contributed by atoms with Crippen LogP contribution in [-0.4, -0.2) is 21.8 Å². The van der Waals surface area contributed by atoms with Crippen molar-refractivity contribution in [1.29, 1.82) is 0 Å². The minimum Gasteiger partial charge on any atom is -0.507 e. The van der Waals surface area contributed by atoms with Crippen molar-refractivity contribution in [3.05, 3.63) is 100 Å². The lowest BCUT2D eigenvalue weighted by Gasteiger charge is -2.24. The number of aryl methyl sites for hydroxylation is 1. The summed E-state index contributed by atoms with van der Waals surface area (Å²) in [6.45, 7) is 8.38. The molecule has 1 amide bonds. The summed E-state index contributed by atoms with van der Waals surface area (Å²) in [7, 11) is 0. The van der Waals surface area contributed by atoms with Crippen LogP contribution in [0.25, 0.3) is 16.0 Å². The average Bonchev–Trinajstić information content (AvgIpc) is 3.41. The maximum Gasteiger partial charge on any atom is 0.301 e. The Labute approximate surface area is 218 Å². The molecule has 1 atom stereocenters. The van der Waals surface area contributed by atoms with Gasteiger partial charge < -0.3 is 5.11 Å². The number of ketones is 1. The van der Waals surface area contributed by atoms with Gasteiger partial charge in [-0.1, -0.05) is 69.4 Å². The molecular formula is C30H27FN2O3S. The van der Waals surface area contributed by atoms with Crippen LogP contribution in [0.15, 0.2) is 72.3 Å². The summed E-state index contributed by atoms with van der Waals surface area (Å²) in [4.78, 5) is 32.9. The number of carbonyl (C=O) groups is 2. The number of anilines is 1. The Morgan fingerprint density at radius 3 is 2.32 bits per heavy atom. The molecule has 0 spiro atoms. The molecule has 1 saturated heterocycles. The van der Waals surface area contributed by atoms with Gasteiger partial charge >= 0.3 is 5.91 Å². The van der Waals surface area contributed by atoms with Crippen LogP contribution in [-0.2, 0) is 21.4 Å². The minimum absolute atomic E-state index is 0.0476. The van der Waals surface area contributed by atoms with Gasteiger partial charge in [0, 0.05) is 5.56 Å². The normalized spacial score (nSPS) is 17.6. The lowest BCUT2D eigenvalue weighted by molar-refractivity contribution is -0.132. The zero-order chi connectivity index (χ0) is 26.5. The number of benzene rings is 3.